The fraction of sp³-hybridized carbons (Fsp3) is 0.778. The van der Waals surface area contributed by atoms with Crippen molar-refractivity contribution in [1.29, 1.82) is 0 Å². The summed E-state index contributed by atoms with van der Waals surface area (Å²) in [6.07, 6.45) is 2.93. The highest BCUT2D eigenvalue weighted by molar-refractivity contribution is 5.59. The van der Waals surface area contributed by atoms with Crippen molar-refractivity contribution < 1.29 is 14.3 Å². The molecule has 12 heavy (non-hydrogen) atoms. The summed E-state index contributed by atoms with van der Waals surface area (Å²) in [7, 11) is 0. The molecule has 0 saturated heterocycles. The molecule has 0 aromatic heterocycles. The van der Waals surface area contributed by atoms with Gasteiger partial charge in [-0.2, -0.15) is 0 Å². The summed E-state index contributed by atoms with van der Waals surface area (Å²) in [4.78, 5) is 10.7. The first kappa shape index (κ1) is 11.3. The van der Waals surface area contributed by atoms with Gasteiger partial charge in [0.1, 0.15) is 0 Å². The van der Waals surface area contributed by atoms with E-state index in [2.05, 4.69) is 6.92 Å². The van der Waals surface area contributed by atoms with Gasteiger partial charge in [-0.3, -0.25) is 0 Å². The van der Waals surface area contributed by atoms with Gasteiger partial charge < -0.3 is 9.47 Å². The minimum atomic E-state index is -0.558. The largest absolute Gasteiger partial charge is 0.508 e. The van der Waals surface area contributed by atoms with Gasteiger partial charge in [-0.05, 0) is 12.8 Å². The molecule has 0 fully saturated rings. The van der Waals surface area contributed by atoms with Crippen LogP contribution in [0.2, 0.25) is 0 Å². The average Bonchev–Trinajstić information content (AvgIpc) is 2.06. The predicted molar refractivity (Wildman–Crippen MR) is 46.8 cm³/mol. The molecule has 0 aromatic carbocycles. The highest BCUT2D eigenvalue weighted by Crippen LogP contribution is 1.93. The Bertz CT molecular complexity index is 100. The summed E-state index contributed by atoms with van der Waals surface area (Å²) in [5, 5.41) is 0. The third-order valence-corrected chi connectivity index (χ3v) is 1.33. The monoisotopic (exact) mass is 173 g/mol. The number of unbranched alkanes of at least 4 members (excludes halogenated alkanes) is 2. The quantitative estimate of drug-likeness (QED) is 0.457. The van der Waals surface area contributed by atoms with Gasteiger partial charge in [-0.1, -0.05) is 26.7 Å². The van der Waals surface area contributed by atoms with E-state index in [1.807, 2.05) is 6.92 Å². The van der Waals surface area contributed by atoms with Crippen molar-refractivity contribution in [3.63, 3.8) is 0 Å². The minimum absolute atomic E-state index is 0.411. The van der Waals surface area contributed by atoms with E-state index in [4.69, 9.17) is 9.47 Å². The second kappa shape index (κ2) is 8.37. The van der Waals surface area contributed by atoms with Crippen molar-refractivity contribution in [3.05, 3.63) is 6.92 Å². The van der Waals surface area contributed by atoms with E-state index in [0.717, 1.165) is 25.7 Å². The predicted octanol–water partition coefficient (Wildman–Crippen LogP) is 2.55. The molecule has 0 N–H and O–H groups in total. The molecular weight excluding hydrogens is 156 g/mol. The molecule has 0 aliphatic carbocycles. The fourth-order valence-electron chi connectivity index (χ4n) is 0.599. The molecule has 1 radical (unpaired) electrons. The first-order valence-electron chi connectivity index (χ1n) is 4.40. The summed E-state index contributed by atoms with van der Waals surface area (Å²) in [5.41, 5.74) is 0. The lowest BCUT2D eigenvalue weighted by Gasteiger charge is -2.04. The van der Waals surface area contributed by atoms with Gasteiger partial charge in [0.05, 0.1) is 13.2 Å². The van der Waals surface area contributed by atoms with Gasteiger partial charge in [0.2, 0.25) is 0 Å². The average molecular weight is 173 g/mol. The van der Waals surface area contributed by atoms with Crippen molar-refractivity contribution in [3.8, 4) is 0 Å². The zero-order chi connectivity index (χ0) is 9.23. The number of carbonyl (C=O) groups is 1. The SMILES string of the molecule is [CH2]CCCOC(=O)OCCCC. The van der Waals surface area contributed by atoms with E-state index in [-0.39, 0.29) is 0 Å². The Labute approximate surface area is 74.0 Å². The van der Waals surface area contributed by atoms with Crippen LogP contribution in [-0.4, -0.2) is 19.4 Å². The van der Waals surface area contributed by atoms with Crippen LogP contribution in [0.1, 0.15) is 32.6 Å². The summed E-state index contributed by atoms with van der Waals surface area (Å²) in [5.74, 6) is 0. The molecule has 0 rings (SSSR count). The van der Waals surface area contributed by atoms with Crippen LogP contribution in [0.15, 0.2) is 0 Å². The number of hydrogen-bond donors (Lipinski definition) is 0. The van der Waals surface area contributed by atoms with E-state index in [0.29, 0.717) is 13.2 Å². The minimum Gasteiger partial charge on any atom is -0.434 e. The normalized spacial score (nSPS) is 9.50. The standard InChI is InChI=1S/C9H17O3/c1-3-5-7-11-9(10)12-8-6-4-2/h1,3-8H2,2H3. The molecule has 0 unspecified atom stereocenters. The van der Waals surface area contributed by atoms with Crippen LogP contribution in [0.25, 0.3) is 0 Å². The molecule has 0 heterocycles. The topological polar surface area (TPSA) is 35.5 Å². The van der Waals surface area contributed by atoms with Crippen LogP contribution in [0, 0.1) is 6.92 Å². The number of carbonyl (C=O) groups excluding carboxylic acids is 1. The molecule has 0 aliphatic rings. The van der Waals surface area contributed by atoms with Gasteiger partial charge in [-0.15, -0.1) is 0 Å². The number of rotatable bonds is 6. The lowest BCUT2D eigenvalue weighted by atomic mass is 10.4. The van der Waals surface area contributed by atoms with Crippen LogP contribution in [0.4, 0.5) is 4.79 Å². The zero-order valence-corrected chi connectivity index (χ0v) is 7.67. The Balaban J connectivity index is 3.10. The second-order valence-electron chi connectivity index (χ2n) is 2.51. The van der Waals surface area contributed by atoms with Gasteiger partial charge >= 0.3 is 6.16 Å². The summed E-state index contributed by atoms with van der Waals surface area (Å²) >= 11 is 0. The van der Waals surface area contributed by atoms with E-state index in [1.54, 1.807) is 0 Å². The molecule has 0 saturated carbocycles. The lowest BCUT2D eigenvalue weighted by Crippen LogP contribution is -2.09. The van der Waals surface area contributed by atoms with Crippen LogP contribution in [-0.2, 0) is 9.47 Å². The zero-order valence-electron chi connectivity index (χ0n) is 7.67. The van der Waals surface area contributed by atoms with Gasteiger partial charge in [0.15, 0.2) is 0 Å². The smallest absolute Gasteiger partial charge is 0.434 e. The Hall–Kier alpha value is -0.730. The van der Waals surface area contributed by atoms with Gasteiger partial charge in [0, 0.05) is 0 Å². The molecule has 3 heteroatoms. The maximum atomic E-state index is 10.7. The lowest BCUT2D eigenvalue weighted by molar-refractivity contribution is 0.0538. The highest BCUT2D eigenvalue weighted by atomic mass is 16.7. The summed E-state index contributed by atoms with van der Waals surface area (Å²) in [6, 6.07) is 0. The van der Waals surface area contributed by atoms with E-state index in [1.165, 1.54) is 0 Å². The Morgan fingerprint density at radius 2 is 1.83 bits per heavy atom. The Morgan fingerprint density at radius 3 is 2.33 bits per heavy atom. The molecule has 0 spiro atoms. The van der Waals surface area contributed by atoms with Crippen LogP contribution >= 0.6 is 0 Å². The van der Waals surface area contributed by atoms with Crippen molar-refractivity contribution in [2.24, 2.45) is 0 Å². The molecule has 0 bridgehead atoms. The molecule has 0 atom stereocenters. The first-order chi connectivity index (χ1) is 5.81. The van der Waals surface area contributed by atoms with Crippen LogP contribution in [0.3, 0.4) is 0 Å². The van der Waals surface area contributed by atoms with E-state index < -0.39 is 6.16 Å². The van der Waals surface area contributed by atoms with Gasteiger partial charge in [0.25, 0.3) is 0 Å². The van der Waals surface area contributed by atoms with Crippen molar-refractivity contribution in [2.45, 2.75) is 32.6 Å². The van der Waals surface area contributed by atoms with Crippen LogP contribution in [0.5, 0.6) is 0 Å². The molecule has 71 valence electrons. The molecule has 0 aliphatic heterocycles. The van der Waals surface area contributed by atoms with Gasteiger partial charge in [-0.25, -0.2) is 4.79 Å². The van der Waals surface area contributed by atoms with Crippen molar-refractivity contribution in [1.82, 2.24) is 0 Å². The van der Waals surface area contributed by atoms with Crippen LogP contribution < -0.4 is 0 Å². The third-order valence-electron chi connectivity index (χ3n) is 1.33. The first-order valence-corrected chi connectivity index (χ1v) is 4.40. The second-order valence-corrected chi connectivity index (χ2v) is 2.51. The summed E-state index contributed by atoms with van der Waals surface area (Å²) < 4.78 is 9.48. The number of hydrogen-bond acceptors (Lipinski definition) is 3. The fourth-order valence-corrected chi connectivity index (χ4v) is 0.599. The summed E-state index contributed by atoms with van der Waals surface area (Å²) in [6.45, 7) is 6.53. The highest BCUT2D eigenvalue weighted by Gasteiger charge is 2.00. The maximum absolute atomic E-state index is 10.7. The van der Waals surface area contributed by atoms with Crippen molar-refractivity contribution in [2.75, 3.05) is 13.2 Å². The van der Waals surface area contributed by atoms with E-state index in [9.17, 15) is 4.79 Å². The molecule has 0 aromatic rings. The Kier molecular flexibility index (Phi) is 7.86. The maximum Gasteiger partial charge on any atom is 0.508 e. The van der Waals surface area contributed by atoms with E-state index >= 15 is 0 Å². The number of ether oxygens (including phenoxy) is 2. The molecular formula is C9H17O3. The Morgan fingerprint density at radius 1 is 1.25 bits per heavy atom. The molecule has 3 nitrogen and oxygen atoms in total. The van der Waals surface area contributed by atoms with Crippen molar-refractivity contribution >= 4 is 6.16 Å². The third kappa shape index (κ3) is 7.38. The molecule has 0 amide bonds.